The van der Waals surface area contributed by atoms with Gasteiger partial charge in [-0.3, -0.25) is 4.68 Å². The van der Waals surface area contributed by atoms with Crippen molar-refractivity contribution in [1.29, 1.82) is 0 Å². The highest BCUT2D eigenvalue weighted by Crippen LogP contribution is 2.22. The zero-order chi connectivity index (χ0) is 13.8. The van der Waals surface area contributed by atoms with Crippen LogP contribution in [0.15, 0.2) is 30.5 Å². The molecule has 2 aromatic rings. The standard InChI is InChI=1S/C15H21N3O/c1-11(2)19-14-5-6-15(12(3)9-14)16-10-13-7-8-17-18(13)4/h5-9,11,16H,10H2,1-4H3. The molecule has 102 valence electrons. The molecule has 2 rings (SSSR count). The molecule has 1 aromatic heterocycles. The van der Waals surface area contributed by atoms with Gasteiger partial charge in [0.2, 0.25) is 0 Å². The van der Waals surface area contributed by atoms with Gasteiger partial charge in [0.15, 0.2) is 0 Å². The van der Waals surface area contributed by atoms with E-state index < -0.39 is 0 Å². The van der Waals surface area contributed by atoms with Crippen LogP contribution in [0.3, 0.4) is 0 Å². The normalized spacial score (nSPS) is 10.8. The second-order valence-electron chi connectivity index (χ2n) is 4.94. The van der Waals surface area contributed by atoms with Crippen molar-refractivity contribution in [1.82, 2.24) is 9.78 Å². The molecule has 0 amide bonds. The summed E-state index contributed by atoms with van der Waals surface area (Å²) in [5.74, 6) is 0.915. The lowest BCUT2D eigenvalue weighted by Crippen LogP contribution is -2.08. The maximum Gasteiger partial charge on any atom is 0.120 e. The Hall–Kier alpha value is -1.97. The molecule has 19 heavy (non-hydrogen) atoms. The van der Waals surface area contributed by atoms with Crippen molar-refractivity contribution in [2.24, 2.45) is 7.05 Å². The number of nitrogens with one attached hydrogen (secondary N) is 1. The summed E-state index contributed by atoms with van der Waals surface area (Å²) in [7, 11) is 1.95. The van der Waals surface area contributed by atoms with Gasteiger partial charge >= 0.3 is 0 Å². The summed E-state index contributed by atoms with van der Waals surface area (Å²) in [6.07, 6.45) is 2.01. The Bertz CT molecular complexity index is 546. The average Bonchev–Trinajstić information content (AvgIpc) is 2.73. The van der Waals surface area contributed by atoms with E-state index in [0.29, 0.717) is 0 Å². The van der Waals surface area contributed by atoms with Crippen molar-refractivity contribution < 1.29 is 4.74 Å². The molecule has 0 saturated carbocycles. The smallest absolute Gasteiger partial charge is 0.120 e. The number of nitrogens with zero attached hydrogens (tertiary/aromatic N) is 2. The molecule has 1 heterocycles. The van der Waals surface area contributed by atoms with Crippen molar-refractivity contribution >= 4 is 5.69 Å². The molecule has 0 aliphatic carbocycles. The zero-order valence-corrected chi connectivity index (χ0v) is 12.0. The van der Waals surface area contributed by atoms with E-state index in [1.807, 2.05) is 43.9 Å². The number of ether oxygens (including phenoxy) is 1. The third-order valence-electron chi connectivity index (χ3n) is 2.95. The van der Waals surface area contributed by atoms with E-state index in [1.54, 1.807) is 0 Å². The molecule has 1 N–H and O–H groups in total. The molecule has 0 aliphatic heterocycles. The van der Waals surface area contributed by atoms with Crippen LogP contribution in [0.4, 0.5) is 5.69 Å². The highest BCUT2D eigenvalue weighted by molar-refractivity contribution is 5.53. The lowest BCUT2D eigenvalue weighted by Gasteiger charge is -2.14. The third-order valence-corrected chi connectivity index (χ3v) is 2.95. The molecule has 0 aliphatic rings. The summed E-state index contributed by atoms with van der Waals surface area (Å²) < 4.78 is 7.55. The molecule has 0 radical (unpaired) electrons. The summed E-state index contributed by atoms with van der Waals surface area (Å²) in [6.45, 7) is 6.91. The van der Waals surface area contributed by atoms with E-state index in [2.05, 4.69) is 29.5 Å². The molecule has 0 atom stereocenters. The quantitative estimate of drug-likeness (QED) is 0.896. The van der Waals surface area contributed by atoms with Crippen LogP contribution in [-0.2, 0) is 13.6 Å². The first-order chi connectivity index (χ1) is 9.06. The van der Waals surface area contributed by atoms with Gasteiger partial charge < -0.3 is 10.1 Å². The number of rotatable bonds is 5. The summed E-state index contributed by atoms with van der Waals surface area (Å²) in [6, 6.07) is 8.13. The number of aryl methyl sites for hydroxylation is 2. The van der Waals surface area contributed by atoms with Gasteiger partial charge in [-0.1, -0.05) is 0 Å². The third kappa shape index (κ3) is 3.50. The first kappa shape index (κ1) is 13.5. The van der Waals surface area contributed by atoms with Crippen molar-refractivity contribution in [2.75, 3.05) is 5.32 Å². The highest BCUT2D eigenvalue weighted by atomic mass is 16.5. The fourth-order valence-electron chi connectivity index (χ4n) is 1.94. The van der Waals surface area contributed by atoms with Crippen LogP contribution in [-0.4, -0.2) is 15.9 Å². The van der Waals surface area contributed by atoms with Gasteiger partial charge in [0.1, 0.15) is 5.75 Å². The number of anilines is 1. The van der Waals surface area contributed by atoms with Crippen molar-refractivity contribution in [3.8, 4) is 5.75 Å². The molecule has 4 heteroatoms. The minimum Gasteiger partial charge on any atom is -0.491 e. The van der Waals surface area contributed by atoms with E-state index in [1.165, 1.54) is 5.56 Å². The topological polar surface area (TPSA) is 39.1 Å². The second kappa shape index (κ2) is 5.78. The van der Waals surface area contributed by atoms with Crippen LogP contribution >= 0.6 is 0 Å². The van der Waals surface area contributed by atoms with E-state index in [-0.39, 0.29) is 6.10 Å². The van der Waals surface area contributed by atoms with Gasteiger partial charge in [-0.05, 0) is 50.6 Å². The maximum absolute atomic E-state index is 5.68. The minimum absolute atomic E-state index is 0.202. The Morgan fingerprint density at radius 1 is 1.32 bits per heavy atom. The maximum atomic E-state index is 5.68. The van der Waals surface area contributed by atoms with Gasteiger partial charge in [0.05, 0.1) is 18.3 Å². The molecular weight excluding hydrogens is 238 g/mol. The Kier molecular flexibility index (Phi) is 4.10. The van der Waals surface area contributed by atoms with Gasteiger partial charge in [-0.15, -0.1) is 0 Å². The molecule has 1 aromatic carbocycles. The molecule has 0 unspecified atom stereocenters. The van der Waals surface area contributed by atoms with Gasteiger partial charge in [0, 0.05) is 18.9 Å². The molecule has 0 bridgehead atoms. The van der Waals surface area contributed by atoms with Crippen molar-refractivity contribution in [3.05, 3.63) is 41.7 Å². The lowest BCUT2D eigenvalue weighted by molar-refractivity contribution is 0.242. The van der Waals surface area contributed by atoms with Crippen molar-refractivity contribution in [3.63, 3.8) is 0 Å². The summed E-state index contributed by atoms with van der Waals surface area (Å²) >= 11 is 0. The van der Waals surface area contributed by atoms with E-state index >= 15 is 0 Å². The molecule has 4 nitrogen and oxygen atoms in total. The molecule has 0 fully saturated rings. The fraction of sp³-hybridized carbons (Fsp3) is 0.400. The fourth-order valence-corrected chi connectivity index (χ4v) is 1.94. The predicted octanol–water partition coefficient (Wildman–Crippen LogP) is 3.13. The van der Waals surface area contributed by atoms with Crippen LogP contribution in [0.5, 0.6) is 5.75 Å². The Morgan fingerprint density at radius 2 is 2.11 bits per heavy atom. The number of hydrogen-bond acceptors (Lipinski definition) is 3. The van der Waals surface area contributed by atoms with Crippen LogP contribution < -0.4 is 10.1 Å². The number of aromatic nitrogens is 2. The Labute approximate surface area is 114 Å². The second-order valence-corrected chi connectivity index (χ2v) is 4.94. The largest absolute Gasteiger partial charge is 0.491 e. The van der Waals surface area contributed by atoms with Crippen LogP contribution in [0.2, 0.25) is 0 Å². The van der Waals surface area contributed by atoms with Gasteiger partial charge in [-0.25, -0.2) is 0 Å². The summed E-state index contributed by atoms with van der Waals surface area (Å²) in [4.78, 5) is 0. The van der Waals surface area contributed by atoms with Crippen molar-refractivity contribution in [2.45, 2.75) is 33.4 Å². The number of hydrogen-bond donors (Lipinski definition) is 1. The first-order valence-corrected chi connectivity index (χ1v) is 6.54. The zero-order valence-electron chi connectivity index (χ0n) is 12.0. The number of benzene rings is 1. The SMILES string of the molecule is Cc1cc(OC(C)C)ccc1NCc1ccnn1C. The monoisotopic (exact) mass is 259 g/mol. The Morgan fingerprint density at radius 3 is 2.68 bits per heavy atom. The van der Waals surface area contributed by atoms with Crippen LogP contribution in [0.25, 0.3) is 0 Å². The van der Waals surface area contributed by atoms with Gasteiger partial charge in [0.25, 0.3) is 0 Å². The van der Waals surface area contributed by atoms with Crippen LogP contribution in [0, 0.1) is 6.92 Å². The summed E-state index contributed by atoms with van der Waals surface area (Å²) in [5.41, 5.74) is 3.46. The minimum atomic E-state index is 0.202. The first-order valence-electron chi connectivity index (χ1n) is 6.54. The predicted molar refractivity (Wildman–Crippen MR) is 77.5 cm³/mol. The molecule has 0 saturated heterocycles. The van der Waals surface area contributed by atoms with E-state index in [0.717, 1.165) is 23.7 Å². The molecular formula is C15H21N3O. The lowest BCUT2D eigenvalue weighted by atomic mass is 10.2. The van der Waals surface area contributed by atoms with E-state index in [4.69, 9.17) is 4.74 Å². The van der Waals surface area contributed by atoms with Crippen LogP contribution in [0.1, 0.15) is 25.1 Å². The van der Waals surface area contributed by atoms with Gasteiger partial charge in [-0.2, -0.15) is 5.10 Å². The average molecular weight is 259 g/mol. The molecule has 0 spiro atoms. The highest BCUT2D eigenvalue weighted by Gasteiger charge is 2.04. The van der Waals surface area contributed by atoms with E-state index in [9.17, 15) is 0 Å². The Balaban J connectivity index is 2.03. The summed E-state index contributed by atoms with van der Waals surface area (Å²) in [5, 5.41) is 7.58.